The summed E-state index contributed by atoms with van der Waals surface area (Å²) >= 11 is 0. The lowest BCUT2D eigenvalue weighted by atomic mass is 10.2. The van der Waals surface area contributed by atoms with E-state index in [0.29, 0.717) is 18.8 Å². The Balaban J connectivity index is 1.67. The number of aliphatic hydroxyl groups is 1. The number of piperazine rings is 1. The van der Waals surface area contributed by atoms with Gasteiger partial charge in [-0.1, -0.05) is 5.92 Å². The summed E-state index contributed by atoms with van der Waals surface area (Å²) in [6.45, 7) is 5.11. The number of β-amino-alcohol motifs (C(OH)–C–C–N with tert-alkyl or cyclic N) is 1. The molecule has 2 rings (SSSR count). The van der Waals surface area contributed by atoms with Crippen LogP contribution in [0.3, 0.4) is 0 Å². The molecule has 1 aromatic rings. The molecule has 0 aliphatic carbocycles. The van der Waals surface area contributed by atoms with Crippen molar-refractivity contribution in [2.24, 2.45) is 0 Å². The number of benzene rings is 1. The molecule has 0 bridgehead atoms. The summed E-state index contributed by atoms with van der Waals surface area (Å²) in [4.78, 5) is 4.42. The first-order chi connectivity index (χ1) is 10.2. The number of hydrogen-bond donors (Lipinski definition) is 1. The van der Waals surface area contributed by atoms with Gasteiger partial charge in [-0.25, -0.2) is 4.39 Å². The lowest BCUT2D eigenvalue weighted by molar-refractivity contribution is 0.0485. The second-order valence-corrected chi connectivity index (χ2v) is 5.20. The smallest absolute Gasteiger partial charge is 0.123 e. The van der Waals surface area contributed by atoms with E-state index in [1.807, 2.05) is 0 Å². The number of nitrogens with zero attached hydrogens (tertiary/aromatic N) is 2. The number of rotatable bonds is 6. The molecule has 0 radical (unpaired) electrons. The minimum absolute atomic E-state index is 0.205. The van der Waals surface area contributed by atoms with Gasteiger partial charge >= 0.3 is 0 Å². The van der Waals surface area contributed by atoms with E-state index in [0.717, 1.165) is 26.2 Å². The van der Waals surface area contributed by atoms with E-state index >= 15 is 0 Å². The van der Waals surface area contributed by atoms with Gasteiger partial charge in [0.2, 0.25) is 0 Å². The highest BCUT2D eigenvalue weighted by Gasteiger charge is 2.18. The Morgan fingerprint density at radius 3 is 2.43 bits per heavy atom. The maximum absolute atomic E-state index is 12.8. The molecule has 114 valence electrons. The predicted molar refractivity (Wildman–Crippen MR) is 79.6 cm³/mol. The van der Waals surface area contributed by atoms with Crippen LogP contribution >= 0.6 is 0 Å². The molecule has 1 saturated heterocycles. The third-order valence-corrected chi connectivity index (χ3v) is 3.50. The Labute approximate surface area is 125 Å². The topological polar surface area (TPSA) is 35.9 Å². The summed E-state index contributed by atoms with van der Waals surface area (Å²) in [7, 11) is 0. The molecule has 5 heteroatoms. The van der Waals surface area contributed by atoms with E-state index in [9.17, 15) is 9.50 Å². The van der Waals surface area contributed by atoms with Crippen molar-refractivity contribution >= 4 is 0 Å². The summed E-state index contributed by atoms with van der Waals surface area (Å²) in [6.07, 6.45) is 4.73. The van der Waals surface area contributed by atoms with Gasteiger partial charge in [-0.2, -0.15) is 0 Å². The lowest BCUT2D eigenvalue weighted by Gasteiger charge is -2.34. The molecular weight excluding hydrogens is 271 g/mol. The Hall–Kier alpha value is -1.61. The van der Waals surface area contributed by atoms with Crippen molar-refractivity contribution in [2.75, 3.05) is 45.9 Å². The normalized spacial score (nSPS) is 18.1. The van der Waals surface area contributed by atoms with Crippen molar-refractivity contribution in [3.8, 4) is 18.1 Å². The third kappa shape index (κ3) is 5.35. The minimum atomic E-state index is -0.561. The predicted octanol–water partition coefficient (Wildman–Crippen LogP) is 0.816. The van der Waals surface area contributed by atoms with E-state index in [4.69, 9.17) is 11.2 Å². The summed E-state index contributed by atoms with van der Waals surface area (Å²) in [5.41, 5.74) is 0. The quantitative estimate of drug-likeness (QED) is 0.788. The van der Waals surface area contributed by atoms with Crippen LogP contribution in [0.2, 0.25) is 0 Å². The zero-order chi connectivity index (χ0) is 15.1. The second kappa shape index (κ2) is 7.99. The Morgan fingerprint density at radius 2 is 1.81 bits per heavy atom. The molecule has 1 atom stereocenters. The van der Waals surface area contributed by atoms with Crippen molar-refractivity contribution in [3.63, 3.8) is 0 Å². The maximum atomic E-state index is 12.8. The van der Waals surface area contributed by atoms with Crippen LogP contribution < -0.4 is 4.74 Å². The highest BCUT2D eigenvalue weighted by atomic mass is 19.1. The first-order valence-electron chi connectivity index (χ1n) is 7.12. The number of ether oxygens (including phenoxy) is 1. The van der Waals surface area contributed by atoms with Crippen LogP contribution in [0, 0.1) is 18.2 Å². The van der Waals surface area contributed by atoms with Crippen LogP contribution in [0.25, 0.3) is 0 Å². The van der Waals surface area contributed by atoms with Gasteiger partial charge in [0, 0.05) is 32.7 Å². The molecule has 1 aliphatic heterocycles. The van der Waals surface area contributed by atoms with Gasteiger partial charge in [-0.15, -0.1) is 6.42 Å². The van der Waals surface area contributed by atoms with Crippen LogP contribution in [0.1, 0.15) is 0 Å². The highest BCUT2D eigenvalue weighted by Crippen LogP contribution is 2.11. The zero-order valence-corrected chi connectivity index (χ0v) is 12.0. The van der Waals surface area contributed by atoms with Crippen LogP contribution in [0.5, 0.6) is 5.75 Å². The Morgan fingerprint density at radius 1 is 1.19 bits per heavy atom. The first-order valence-corrected chi connectivity index (χ1v) is 7.12. The van der Waals surface area contributed by atoms with Gasteiger partial charge in [0.05, 0.1) is 6.54 Å². The van der Waals surface area contributed by atoms with Gasteiger partial charge in [0.15, 0.2) is 0 Å². The van der Waals surface area contributed by atoms with E-state index in [2.05, 4.69) is 15.7 Å². The van der Waals surface area contributed by atoms with Gasteiger partial charge < -0.3 is 9.84 Å². The SMILES string of the molecule is C#CCN1CCN(CC(O)COc2ccc(F)cc2)CC1. The third-order valence-electron chi connectivity index (χ3n) is 3.50. The van der Waals surface area contributed by atoms with Gasteiger partial charge in [0.1, 0.15) is 24.3 Å². The summed E-state index contributed by atoms with van der Waals surface area (Å²) in [6, 6.07) is 5.79. The molecular formula is C16H21FN2O2. The average molecular weight is 292 g/mol. The lowest BCUT2D eigenvalue weighted by Crippen LogP contribution is -2.49. The van der Waals surface area contributed by atoms with Crippen molar-refractivity contribution in [2.45, 2.75) is 6.10 Å². The fourth-order valence-corrected chi connectivity index (χ4v) is 2.33. The van der Waals surface area contributed by atoms with Crippen LogP contribution in [0.15, 0.2) is 24.3 Å². The van der Waals surface area contributed by atoms with Gasteiger partial charge in [0.25, 0.3) is 0 Å². The van der Waals surface area contributed by atoms with Crippen LogP contribution in [-0.2, 0) is 0 Å². The molecule has 1 fully saturated rings. The summed E-state index contributed by atoms with van der Waals surface area (Å²) in [5.74, 6) is 2.91. The molecule has 1 heterocycles. The van der Waals surface area contributed by atoms with E-state index < -0.39 is 6.10 Å². The molecule has 21 heavy (non-hydrogen) atoms. The fourth-order valence-electron chi connectivity index (χ4n) is 2.33. The molecule has 1 N–H and O–H groups in total. The number of hydrogen-bond acceptors (Lipinski definition) is 4. The van der Waals surface area contributed by atoms with E-state index in [1.54, 1.807) is 12.1 Å². The largest absolute Gasteiger partial charge is 0.491 e. The van der Waals surface area contributed by atoms with Crippen molar-refractivity contribution < 1.29 is 14.2 Å². The second-order valence-electron chi connectivity index (χ2n) is 5.20. The van der Waals surface area contributed by atoms with E-state index in [1.165, 1.54) is 12.1 Å². The van der Waals surface area contributed by atoms with Crippen molar-refractivity contribution in [1.82, 2.24) is 9.80 Å². The highest BCUT2D eigenvalue weighted by molar-refractivity contribution is 5.22. The van der Waals surface area contributed by atoms with Gasteiger partial charge in [-0.05, 0) is 24.3 Å². The zero-order valence-electron chi connectivity index (χ0n) is 12.0. The molecule has 0 amide bonds. The van der Waals surface area contributed by atoms with Crippen LogP contribution in [-0.4, -0.2) is 66.9 Å². The number of aliphatic hydroxyl groups excluding tert-OH is 1. The molecule has 1 unspecified atom stereocenters. The molecule has 1 aliphatic rings. The summed E-state index contributed by atoms with van der Waals surface area (Å²) in [5, 5.41) is 10.00. The Bertz CT molecular complexity index is 464. The minimum Gasteiger partial charge on any atom is -0.491 e. The molecule has 0 aromatic heterocycles. The van der Waals surface area contributed by atoms with Gasteiger partial charge in [-0.3, -0.25) is 9.80 Å². The maximum Gasteiger partial charge on any atom is 0.123 e. The molecule has 4 nitrogen and oxygen atoms in total. The monoisotopic (exact) mass is 292 g/mol. The molecule has 0 spiro atoms. The standard InChI is InChI=1S/C16H21FN2O2/c1-2-7-18-8-10-19(11-9-18)12-15(20)13-21-16-5-3-14(17)4-6-16/h1,3-6,15,20H,7-13H2. The van der Waals surface area contributed by atoms with Crippen molar-refractivity contribution in [1.29, 1.82) is 0 Å². The molecule has 0 saturated carbocycles. The fraction of sp³-hybridized carbons (Fsp3) is 0.500. The number of halogens is 1. The van der Waals surface area contributed by atoms with E-state index in [-0.39, 0.29) is 12.4 Å². The number of terminal acetylenes is 1. The van der Waals surface area contributed by atoms with Crippen LogP contribution in [0.4, 0.5) is 4.39 Å². The van der Waals surface area contributed by atoms with Crippen molar-refractivity contribution in [3.05, 3.63) is 30.1 Å². The Kier molecular flexibility index (Phi) is 6.00. The average Bonchev–Trinajstić information content (AvgIpc) is 2.49. The summed E-state index contributed by atoms with van der Waals surface area (Å²) < 4.78 is 18.2. The molecule has 1 aromatic carbocycles. The first kappa shape index (κ1) is 15.8.